The van der Waals surface area contributed by atoms with Gasteiger partial charge < -0.3 is 4.74 Å². The van der Waals surface area contributed by atoms with Gasteiger partial charge in [-0.05, 0) is 19.8 Å². The summed E-state index contributed by atoms with van der Waals surface area (Å²) in [7, 11) is 0. The molecule has 0 rings (SSSR count). The Morgan fingerprint density at radius 3 is 1.62 bits per heavy atom. The summed E-state index contributed by atoms with van der Waals surface area (Å²) in [6, 6.07) is 0. The topological polar surface area (TPSA) is 9.23 Å². The smallest absolute Gasteiger partial charge is 0.378 e. The molecule has 0 heterocycles. The van der Waals surface area contributed by atoms with Gasteiger partial charge >= 0.3 is 6.18 Å². The van der Waals surface area contributed by atoms with Gasteiger partial charge in [0.2, 0.25) is 0 Å². The van der Waals surface area contributed by atoms with E-state index < -0.39 is 24.4 Å². The minimum Gasteiger partial charge on any atom is -0.378 e. The number of alkyl halides is 4. The van der Waals surface area contributed by atoms with Gasteiger partial charge in [-0.3, -0.25) is 0 Å². The first-order chi connectivity index (χ1) is 12.4. The SMILES string of the molecule is CCCCCCCCCCCCC(F)C(C(CCC)OCC)C(F)(F)F. The molecule has 0 amide bonds. The molecular formula is C21H40F4O. The molecule has 3 atom stereocenters. The summed E-state index contributed by atoms with van der Waals surface area (Å²) in [6.45, 7) is 5.84. The van der Waals surface area contributed by atoms with Gasteiger partial charge in [-0.2, -0.15) is 13.2 Å². The minimum absolute atomic E-state index is 0.0199. The molecule has 0 aliphatic rings. The molecule has 0 aromatic rings. The Kier molecular flexibility index (Phi) is 15.5. The predicted molar refractivity (Wildman–Crippen MR) is 101 cm³/mol. The maximum absolute atomic E-state index is 14.4. The highest BCUT2D eigenvalue weighted by Crippen LogP contribution is 2.37. The van der Waals surface area contributed by atoms with Crippen molar-refractivity contribution in [2.45, 2.75) is 123 Å². The van der Waals surface area contributed by atoms with Gasteiger partial charge in [0.1, 0.15) is 12.1 Å². The predicted octanol–water partition coefficient (Wildman–Crippen LogP) is 8.02. The van der Waals surface area contributed by atoms with E-state index in [9.17, 15) is 17.6 Å². The molecule has 0 aromatic carbocycles. The molecule has 5 heteroatoms. The van der Waals surface area contributed by atoms with Crippen LogP contribution >= 0.6 is 0 Å². The van der Waals surface area contributed by atoms with Crippen LogP contribution in [0.4, 0.5) is 17.6 Å². The first-order valence-corrected chi connectivity index (χ1v) is 10.7. The Morgan fingerprint density at radius 2 is 1.19 bits per heavy atom. The lowest BCUT2D eigenvalue weighted by Crippen LogP contribution is -2.42. The lowest BCUT2D eigenvalue weighted by molar-refractivity contribution is -0.225. The van der Waals surface area contributed by atoms with Crippen molar-refractivity contribution >= 4 is 0 Å². The van der Waals surface area contributed by atoms with E-state index in [1.807, 2.05) is 0 Å². The van der Waals surface area contributed by atoms with Crippen molar-refractivity contribution in [1.82, 2.24) is 0 Å². The average Bonchev–Trinajstić information content (AvgIpc) is 2.56. The van der Waals surface area contributed by atoms with Crippen LogP contribution in [0.5, 0.6) is 0 Å². The third-order valence-electron chi connectivity index (χ3n) is 4.96. The zero-order chi connectivity index (χ0) is 19.8. The van der Waals surface area contributed by atoms with Crippen LogP contribution in [0.3, 0.4) is 0 Å². The third-order valence-corrected chi connectivity index (χ3v) is 4.96. The molecule has 0 bridgehead atoms. The maximum atomic E-state index is 14.4. The van der Waals surface area contributed by atoms with E-state index in [0.29, 0.717) is 12.8 Å². The fourth-order valence-electron chi connectivity index (χ4n) is 3.52. The number of hydrogen-bond acceptors (Lipinski definition) is 1. The van der Waals surface area contributed by atoms with Crippen LogP contribution in [0, 0.1) is 5.92 Å². The van der Waals surface area contributed by atoms with E-state index in [1.54, 1.807) is 13.8 Å². The second kappa shape index (κ2) is 15.7. The van der Waals surface area contributed by atoms with Gasteiger partial charge in [0.15, 0.2) is 0 Å². The first kappa shape index (κ1) is 25.7. The average molecular weight is 385 g/mol. The fourth-order valence-corrected chi connectivity index (χ4v) is 3.52. The van der Waals surface area contributed by atoms with Gasteiger partial charge in [-0.25, -0.2) is 4.39 Å². The normalized spacial score (nSPS) is 15.8. The molecule has 0 N–H and O–H groups in total. The summed E-state index contributed by atoms with van der Waals surface area (Å²) < 4.78 is 59.7. The molecule has 0 spiro atoms. The molecule has 3 unspecified atom stereocenters. The number of rotatable bonds is 17. The second-order valence-corrected chi connectivity index (χ2v) is 7.34. The van der Waals surface area contributed by atoms with E-state index in [1.165, 1.54) is 38.5 Å². The van der Waals surface area contributed by atoms with E-state index in [2.05, 4.69) is 6.92 Å². The minimum atomic E-state index is -4.55. The molecule has 0 fully saturated rings. The number of unbranched alkanes of at least 4 members (excludes halogenated alkanes) is 9. The lowest BCUT2D eigenvalue weighted by atomic mass is 9.90. The molecule has 1 nitrogen and oxygen atoms in total. The summed E-state index contributed by atoms with van der Waals surface area (Å²) in [5, 5.41) is 0. The van der Waals surface area contributed by atoms with Crippen molar-refractivity contribution in [3.8, 4) is 0 Å². The van der Waals surface area contributed by atoms with E-state index in [-0.39, 0.29) is 19.4 Å². The van der Waals surface area contributed by atoms with E-state index >= 15 is 0 Å². The summed E-state index contributed by atoms with van der Waals surface area (Å²) in [6.07, 6.45) is 4.22. The van der Waals surface area contributed by atoms with Crippen molar-refractivity contribution in [3.63, 3.8) is 0 Å². The molecule has 0 aliphatic heterocycles. The number of halogens is 4. The summed E-state index contributed by atoms with van der Waals surface area (Å²) in [5.41, 5.74) is 0. The number of hydrogen-bond donors (Lipinski definition) is 0. The second-order valence-electron chi connectivity index (χ2n) is 7.34. The molecule has 0 saturated heterocycles. The van der Waals surface area contributed by atoms with Crippen molar-refractivity contribution in [1.29, 1.82) is 0 Å². The van der Waals surface area contributed by atoms with E-state index in [0.717, 1.165) is 19.3 Å². The van der Waals surface area contributed by atoms with Crippen LogP contribution < -0.4 is 0 Å². The van der Waals surface area contributed by atoms with Crippen LogP contribution in [-0.4, -0.2) is 25.1 Å². The molecule has 0 saturated carbocycles. The summed E-state index contributed by atoms with van der Waals surface area (Å²) in [5.74, 6) is -2.00. The van der Waals surface area contributed by atoms with Gasteiger partial charge in [-0.1, -0.05) is 84.5 Å². The quantitative estimate of drug-likeness (QED) is 0.182. The van der Waals surface area contributed by atoms with Gasteiger partial charge in [0, 0.05) is 6.61 Å². The molecule has 0 radical (unpaired) electrons. The number of ether oxygens (including phenoxy) is 1. The third kappa shape index (κ3) is 12.1. The Morgan fingerprint density at radius 1 is 0.692 bits per heavy atom. The highest BCUT2D eigenvalue weighted by Gasteiger charge is 2.49. The summed E-state index contributed by atoms with van der Waals surface area (Å²) >= 11 is 0. The van der Waals surface area contributed by atoms with E-state index in [4.69, 9.17) is 4.74 Å². The van der Waals surface area contributed by atoms with Crippen LogP contribution in [0.2, 0.25) is 0 Å². The van der Waals surface area contributed by atoms with Crippen molar-refractivity contribution in [2.75, 3.05) is 6.61 Å². The van der Waals surface area contributed by atoms with Crippen LogP contribution in [0.15, 0.2) is 0 Å². The standard InChI is InChI=1S/C21H40F4O/c1-4-7-8-9-10-11-12-13-14-15-17-18(22)20(21(23,24)25)19(16-5-2)26-6-3/h18-20H,4-17H2,1-3H3. The Balaban J connectivity index is 4.12. The molecule has 0 aromatic heterocycles. The fraction of sp³-hybridized carbons (Fsp3) is 1.00. The highest BCUT2D eigenvalue weighted by molar-refractivity contribution is 4.83. The van der Waals surface area contributed by atoms with Gasteiger partial charge in [0.25, 0.3) is 0 Å². The largest absolute Gasteiger partial charge is 0.397 e. The summed E-state index contributed by atoms with van der Waals surface area (Å²) in [4.78, 5) is 0. The van der Waals surface area contributed by atoms with Crippen LogP contribution in [0.1, 0.15) is 104 Å². The Labute approximate surface area is 158 Å². The molecule has 0 aliphatic carbocycles. The maximum Gasteiger partial charge on any atom is 0.397 e. The van der Waals surface area contributed by atoms with Gasteiger partial charge in [0.05, 0.1) is 6.10 Å². The van der Waals surface area contributed by atoms with Crippen molar-refractivity contribution < 1.29 is 22.3 Å². The van der Waals surface area contributed by atoms with Crippen LogP contribution in [0.25, 0.3) is 0 Å². The molecular weight excluding hydrogens is 344 g/mol. The van der Waals surface area contributed by atoms with Crippen molar-refractivity contribution in [3.05, 3.63) is 0 Å². The molecule has 26 heavy (non-hydrogen) atoms. The van der Waals surface area contributed by atoms with Gasteiger partial charge in [-0.15, -0.1) is 0 Å². The van der Waals surface area contributed by atoms with Crippen LogP contribution in [-0.2, 0) is 4.74 Å². The molecule has 158 valence electrons. The lowest BCUT2D eigenvalue weighted by Gasteiger charge is -2.31. The van der Waals surface area contributed by atoms with Crippen molar-refractivity contribution in [2.24, 2.45) is 5.92 Å². The highest BCUT2D eigenvalue weighted by atomic mass is 19.4. The zero-order valence-electron chi connectivity index (χ0n) is 17.1. The Hall–Kier alpha value is -0.320. The zero-order valence-corrected chi connectivity index (χ0v) is 17.1. The monoisotopic (exact) mass is 384 g/mol. The Bertz CT molecular complexity index is 301. The first-order valence-electron chi connectivity index (χ1n) is 10.7.